The van der Waals surface area contributed by atoms with E-state index in [4.69, 9.17) is 4.74 Å². The number of hydrogen-bond acceptors (Lipinski definition) is 8. The van der Waals surface area contributed by atoms with Crippen LogP contribution in [0.2, 0.25) is 0 Å². The summed E-state index contributed by atoms with van der Waals surface area (Å²) in [7, 11) is -2.86. The minimum Gasteiger partial charge on any atom is -0.453 e. The lowest BCUT2D eigenvalue weighted by molar-refractivity contribution is -0.384. The highest BCUT2D eigenvalue weighted by Crippen LogP contribution is 2.32. The largest absolute Gasteiger partial charge is 0.453 e. The molecule has 1 heterocycles. The number of alkyl carbamates (subject to hydrolysis) is 1. The van der Waals surface area contributed by atoms with Crippen molar-refractivity contribution in [2.45, 2.75) is 37.2 Å². The number of non-ortho nitro benzene ring substituents is 1. The maximum atomic E-state index is 13.8. The monoisotopic (exact) mass is 676 g/mol. The topological polar surface area (TPSA) is 148 Å². The van der Waals surface area contributed by atoms with Gasteiger partial charge in [-0.25, -0.2) is 13.2 Å². The average molecular weight is 677 g/mol. The van der Waals surface area contributed by atoms with Gasteiger partial charge in [-0.3, -0.25) is 19.2 Å². The second-order valence-electron chi connectivity index (χ2n) is 11.0. The smallest absolute Gasteiger partial charge is 0.407 e. The van der Waals surface area contributed by atoms with E-state index in [1.807, 2.05) is 74.5 Å². The van der Waals surface area contributed by atoms with Gasteiger partial charge in [0.1, 0.15) is 6.04 Å². The highest BCUT2D eigenvalue weighted by molar-refractivity contribution is 7.89. The van der Waals surface area contributed by atoms with E-state index in [0.29, 0.717) is 4.88 Å². The summed E-state index contributed by atoms with van der Waals surface area (Å²) in [5.74, 6) is -1.02. The fourth-order valence-electron chi connectivity index (χ4n) is 4.97. The molecule has 1 aromatic heterocycles. The highest BCUT2D eigenvalue weighted by Gasteiger charge is 2.33. The van der Waals surface area contributed by atoms with Crippen LogP contribution in [0.15, 0.2) is 109 Å². The molecule has 246 valence electrons. The number of ether oxygens (including phenoxy) is 1. The fourth-order valence-corrected chi connectivity index (χ4v) is 7.57. The molecule has 13 heteroatoms. The van der Waals surface area contributed by atoms with Crippen LogP contribution in [0.5, 0.6) is 0 Å². The quantitative estimate of drug-likeness (QED) is 0.120. The second-order valence-corrected chi connectivity index (χ2v) is 14.1. The van der Waals surface area contributed by atoms with Gasteiger partial charge in [0.2, 0.25) is 5.91 Å². The molecule has 11 nitrogen and oxygen atoms in total. The number of carbonyl (C=O) groups is 2. The van der Waals surface area contributed by atoms with Gasteiger partial charge in [0.05, 0.1) is 34.0 Å². The number of benzene rings is 3. The van der Waals surface area contributed by atoms with Crippen LogP contribution < -0.4 is 10.6 Å². The maximum absolute atomic E-state index is 13.8. The normalized spacial score (nSPS) is 11.9. The third kappa shape index (κ3) is 8.63. The number of hydrogen-bond donors (Lipinski definition) is 2. The van der Waals surface area contributed by atoms with E-state index in [-0.39, 0.29) is 35.3 Å². The van der Waals surface area contributed by atoms with Crippen molar-refractivity contribution in [3.8, 4) is 0 Å². The molecule has 4 rings (SSSR count). The standard InChI is InChI=1S/C34H36N4O7S2/c1-23(2)22-37(47(43,44)29-18-15-27(16-19-29)38(41)42)24(3)30-20-17-28(46-30)21-35-33(39)32(36-34(40)45-4)31(25-11-7-5-8-12-25)26-13-9-6-10-14-26/h5-20,23,31-32H,3,21-22H2,1-2,4H3,(H,35,39)(H,36,40). The minimum absolute atomic E-state index is 0.0558. The van der Waals surface area contributed by atoms with E-state index in [1.165, 1.54) is 34.9 Å². The molecule has 0 saturated carbocycles. The Balaban J connectivity index is 1.56. The number of thiophene rings is 1. The molecule has 47 heavy (non-hydrogen) atoms. The van der Waals surface area contributed by atoms with Crippen LogP contribution in [0.25, 0.3) is 5.70 Å². The number of nitrogens with one attached hydrogen (secondary N) is 2. The lowest BCUT2D eigenvalue weighted by Crippen LogP contribution is -2.50. The maximum Gasteiger partial charge on any atom is 0.407 e. The van der Waals surface area contributed by atoms with Crippen LogP contribution in [0.3, 0.4) is 0 Å². The summed E-state index contributed by atoms with van der Waals surface area (Å²) in [4.78, 5) is 37.8. The fraction of sp³-hybridized carbons (Fsp3) is 0.235. The highest BCUT2D eigenvalue weighted by atomic mass is 32.2. The van der Waals surface area contributed by atoms with E-state index < -0.39 is 38.9 Å². The van der Waals surface area contributed by atoms with Gasteiger partial charge in [0.25, 0.3) is 15.7 Å². The van der Waals surface area contributed by atoms with E-state index in [0.717, 1.165) is 28.1 Å². The number of nitro benzene ring substituents is 1. The number of rotatable bonds is 14. The Morgan fingerprint density at radius 2 is 1.51 bits per heavy atom. The Bertz CT molecular complexity index is 1770. The zero-order valence-corrected chi connectivity index (χ0v) is 27.8. The zero-order valence-electron chi connectivity index (χ0n) is 26.2. The van der Waals surface area contributed by atoms with E-state index in [1.54, 1.807) is 12.1 Å². The average Bonchev–Trinajstić information content (AvgIpc) is 3.55. The number of methoxy groups -OCH3 is 1. The van der Waals surface area contributed by atoms with Crippen molar-refractivity contribution in [2.24, 2.45) is 5.92 Å². The third-order valence-electron chi connectivity index (χ3n) is 7.24. The van der Waals surface area contributed by atoms with Crippen LogP contribution >= 0.6 is 11.3 Å². The Morgan fingerprint density at radius 3 is 2.02 bits per heavy atom. The number of sulfonamides is 1. The number of nitro groups is 1. The first-order valence-corrected chi connectivity index (χ1v) is 16.9. The lowest BCUT2D eigenvalue weighted by Gasteiger charge is -2.28. The molecule has 0 aliphatic carbocycles. The van der Waals surface area contributed by atoms with Crippen LogP contribution in [-0.2, 0) is 26.1 Å². The first-order chi connectivity index (χ1) is 22.4. The minimum atomic E-state index is -4.09. The second kappa shape index (κ2) is 15.5. The lowest BCUT2D eigenvalue weighted by atomic mass is 9.84. The predicted molar refractivity (Wildman–Crippen MR) is 181 cm³/mol. The van der Waals surface area contributed by atoms with Gasteiger partial charge in [-0.2, -0.15) is 0 Å². The molecule has 0 radical (unpaired) electrons. The van der Waals surface area contributed by atoms with Gasteiger partial charge >= 0.3 is 6.09 Å². The van der Waals surface area contributed by atoms with Crippen molar-refractivity contribution in [1.29, 1.82) is 0 Å². The SMILES string of the molecule is C=C(c1ccc(CNC(=O)C(NC(=O)OC)C(c2ccccc2)c2ccccc2)s1)N(CC(C)C)S(=O)(=O)c1ccc([N+](=O)[O-])cc1. The molecular formula is C34H36N4O7S2. The molecule has 2 N–H and O–H groups in total. The molecule has 0 fully saturated rings. The van der Waals surface area contributed by atoms with Crippen LogP contribution in [-0.4, -0.2) is 49.3 Å². The zero-order chi connectivity index (χ0) is 34.1. The van der Waals surface area contributed by atoms with Crippen molar-refractivity contribution in [3.05, 3.63) is 135 Å². The molecule has 1 atom stereocenters. The van der Waals surface area contributed by atoms with Gasteiger partial charge in [0, 0.05) is 29.5 Å². The van der Waals surface area contributed by atoms with E-state index >= 15 is 0 Å². The molecule has 4 aromatic rings. The molecule has 1 unspecified atom stereocenters. The Morgan fingerprint density at radius 1 is 0.936 bits per heavy atom. The molecule has 3 aromatic carbocycles. The molecule has 0 saturated heterocycles. The van der Waals surface area contributed by atoms with Gasteiger partial charge in [-0.15, -0.1) is 11.3 Å². The molecule has 0 aliphatic heterocycles. The summed E-state index contributed by atoms with van der Waals surface area (Å²) in [6, 6.07) is 26.0. The molecule has 0 aliphatic rings. The number of amides is 2. The van der Waals surface area contributed by atoms with Crippen molar-refractivity contribution in [2.75, 3.05) is 13.7 Å². The Hall–Kier alpha value is -5.01. The van der Waals surface area contributed by atoms with Gasteiger partial charge in [0.15, 0.2) is 0 Å². The summed E-state index contributed by atoms with van der Waals surface area (Å²) < 4.78 is 33.4. The van der Waals surface area contributed by atoms with Gasteiger partial charge in [-0.05, 0) is 41.3 Å². The summed E-state index contributed by atoms with van der Waals surface area (Å²) in [5.41, 5.74) is 1.66. The first kappa shape index (κ1) is 34.9. The van der Waals surface area contributed by atoms with Crippen molar-refractivity contribution in [3.63, 3.8) is 0 Å². The molecule has 2 amide bonds. The van der Waals surface area contributed by atoms with Gasteiger partial charge < -0.3 is 15.4 Å². The molecule has 0 spiro atoms. The van der Waals surface area contributed by atoms with Crippen molar-refractivity contribution in [1.82, 2.24) is 14.9 Å². The van der Waals surface area contributed by atoms with Crippen LogP contribution in [0.4, 0.5) is 10.5 Å². The first-order valence-electron chi connectivity index (χ1n) is 14.7. The van der Waals surface area contributed by atoms with Gasteiger partial charge in [-0.1, -0.05) is 81.1 Å². The predicted octanol–water partition coefficient (Wildman–Crippen LogP) is 6.15. The van der Waals surface area contributed by atoms with Crippen molar-refractivity contribution < 1.29 is 27.7 Å². The molecule has 0 bridgehead atoms. The Labute approximate surface area is 278 Å². The van der Waals surface area contributed by atoms with Crippen LogP contribution in [0, 0.1) is 16.0 Å². The summed E-state index contributed by atoms with van der Waals surface area (Å²) in [6.45, 7) is 8.06. The summed E-state index contributed by atoms with van der Waals surface area (Å²) in [6.07, 6.45) is -0.754. The molecular weight excluding hydrogens is 641 g/mol. The third-order valence-corrected chi connectivity index (χ3v) is 10.2. The number of carbonyl (C=O) groups excluding carboxylic acids is 2. The van der Waals surface area contributed by atoms with E-state index in [2.05, 4.69) is 17.2 Å². The van der Waals surface area contributed by atoms with E-state index in [9.17, 15) is 28.1 Å². The summed E-state index contributed by atoms with van der Waals surface area (Å²) >= 11 is 1.27. The summed E-state index contributed by atoms with van der Waals surface area (Å²) in [5, 5.41) is 16.7. The van der Waals surface area contributed by atoms with Crippen LogP contribution in [0.1, 0.15) is 40.6 Å². The van der Waals surface area contributed by atoms with Crippen molar-refractivity contribution >= 4 is 44.7 Å². The number of nitrogens with zero attached hydrogens (tertiary/aromatic N) is 2. The Kier molecular flexibility index (Phi) is 11.5.